The highest BCUT2D eigenvalue weighted by molar-refractivity contribution is 5.71. The first-order chi connectivity index (χ1) is 10.1. The van der Waals surface area contributed by atoms with Crippen molar-refractivity contribution >= 4 is 11.2 Å². The van der Waals surface area contributed by atoms with Crippen molar-refractivity contribution in [3.05, 3.63) is 26.7 Å². The Hall–Kier alpha value is -1.89. The first kappa shape index (κ1) is 15.5. The summed E-state index contributed by atoms with van der Waals surface area (Å²) in [7, 11) is 1.66. The summed E-state index contributed by atoms with van der Waals surface area (Å²) in [4.78, 5) is 29.5. The van der Waals surface area contributed by atoms with E-state index in [1.807, 2.05) is 11.5 Å². The fourth-order valence-corrected chi connectivity index (χ4v) is 2.62. The molecule has 2 rings (SSSR count). The van der Waals surface area contributed by atoms with E-state index in [4.69, 9.17) is 5.73 Å². The first-order valence-electron chi connectivity index (χ1n) is 7.45. The Morgan fingerprint density at radius 1 is 1.19 bits per heavy atom. The fourth-order valence-electron chi connectivity index (χ4n) is 2.62. The molecular formula is C14H23N5O2. The zero-order valence-electron chi connectivity index (χ0n) is 12.9. The molecule has 116 valence electrons. The SMILES string of the molecule is CCCc1nc2c(c(=O)n(CCCN)c(=O)n2C)n1CC. The van der Waals surface area contributed by atoms with E-state index in [2.05, 4.69) is 11.9 Å². The highest BCUT2D eigenvalue weighted by Gasteiger charge is 2.18. The highest BCUT2D eigenvalue weighted by atomic mass is 16.2. The van der Waals surface area contributed by atoms with Gasteiger partial charge in [-0.2, -0.15) is 0 Å². The minimum absolute atomic E-state index is 0.266. The van der Waals surface area contributed by atoms with Crippen molar-refractivity contribution < 1.29 is 0 Å². The van der Waals surface area contributed by atoms with Crippen LogP contribution in [0.5, 0.6) is 0 Å². The summed E-state index contributed by atoms with van der Waals surface area (Å²) in [5.41, 5.74) is 5.88. The Balaban J connectivity index is 2.80. The van der Waals surface area contributed by atoms with Crippen LogP contribution < -0.4 is 17.0 Å². The summed E-state index contributed by atoms with van der Waals surface area (Å²) in [6.07, 6.45) is 2.33. The maximum absolute atomic E-state index is 12.7. The van der Waals surface area contributed by atoms with E-state index in [1.165, 1.54) is 9.13 Å². The van der Waals surface area contributed by atoms with Crippen LogP contribution >= 0.6 is 0 Å². The summed E-state index contributed by atoms with van der Waals surface area (Å²) in [5, 5.41) is 0. The molecule has 0 spiro atoms. The second kappa shape index (κ2) is 6.26. The number of nitrogens with zero attached hydrogens (tertiary/aromatic N) is 4. The van der Waals surface area contributed by atoms with Gasteiger partial charge in [-0.25, -0.2) is 9.78 Å². The molecule has 2 heterocycles. The van der Waals surface area contributed by atoms with E-state index in [1.54, 1.807) is 7.05 Å². The van der Waals surface area contributed by atoms with Crippen LogP contribution in [0.4, 0.5) is 0 Å². The lowest BCUT2D eigenvalue weighted by Gasteiger charge is -2.09. The lowest BCUT2D eigenvalue weighted by Crippen LogP contribution is -2.40. The lowest BCUT2D eigenvalue weighted by molar-refractivity contribution is 0.575. The van der Waals surface area contributed by atoms with Gasteiger partial charge < -0.3 is 10.3 Å². The van der Waals surface area contributed by atoms with Crippen molar-refractivity contribution in [1.82, 2.24) is 18.7 Å². The molecule has 0 radical (unpaired) electrons. The molecule has 0 saturated carbocycles. The number of aromatic nitrogens is 4. The maximum atomic E-state index is 12.7. The molecule has 2 N–H and O–H groups in total. The largest absolute Gasteiger partial charge is 0.332 e. The molecule has 0 fully saturated rings. The van der Waals surface area contributed by atoms with Gasteiger partial charge in [0, 0.05) is 26.6 Å². The molecule has 21 heavy (non-hydrogen) atoms. The van der Waals surface area contributed by atoms with Gasteiger partial charge in [0.2, 0.25) is 0 Å². The van der Waals surface area contributed by atoms with E-state index in [9.17, 15) is 9.59 Å². The average molecular weight is 293 g/mol. The predicted molar refractivity (Wildman–Crippen MR) is 82.6 cm³/mol. The first-order valence-corrected chi connectivity index (χ1v) is 7.45. The lowest BCUT2D eigenvalue weighted by atomic mass is 10.3. The van der Waals surface area contributed by atoms with Crippen LogP contribution in [0.2, 0.25) is 0 Å². The number of fused-ring (bicyclic) bond motifs is 1. The fraction of sp³-hybridized carbons (Fsp3) is 0.643. The van der Waals surface area contributed by atoms with Crippen molar-refractivity contribution in [3.63, 3.8) is 0 Å². The van der Waals surface area contributed by atoms with Gasteiger partial charge in [0.15, 0.2) is 11.2 Å². The van der Waals surface area contributed by atoms with Crippen molar-refractivity contribution in [2.45, 2.75) is 46.2 Å². The number of hydrogen-bond donors (Lipinski definition) is 1. The van der Waals surface area contributed by atoms with Gasteiger partial charge in [0.05, 0.1) is 0 Å². The number of rotatable bonds is 6. The van der Waals surface area contributed by atoms with Crippen LogP contribution in [-0.4, -0.2) is 25.2 Å². The number of aryl methyl sites for hydroxylation is 3. The van der Waals surface area contributed by atoms with E-state index in [0.717, 1.165) is 18.7 Å². The molecule has 2 aromatic heterocycles. The molecule has 2 aromatic rings. The topological polar surface area (TPSA) is 87.8 Å². The third-order valence-electron chi connectivity index (χ3n) is 3.69. The highest BCUT2D eigenvalue weighted by Crippen LogP contribution is 2.12. The molecule has 0 atom stereocenters. The van der Waals surface area contributed by atoms with Crippen molar-refractivity contribution in [3.8, 4) is 0 Å². The molecule has 0 bridgehead atoms. The van der Waals surface area contributed by atoms with E-state index < -0.39 is 0 Å². The molecule has 0 aromatic carbocycles. The smallest absolute Gasteiger partial charge is 0.330 e. The van der Waals surface area contributed by atoms with Crippen molar-refractivity contribution in [1.29, 1.82) is 0 Å². The Bertz CT molecular complexity index is 753. The number of imidazole rings is 1. The molecule has 0 amide bonds. The number of nitrogens with two attached hydrogens (primary N) is 1. The van der Waals surface area contributed by atoms with Crippen LogP contribution in [0.25, 0.3) is 11.2 Å². The van der Waals surface area contributed by atoms with Crippen molar-refractivity contribution in [2.75, 3.05) is 6.54 Å². The molecule has 0 aliphatic rings. The second-order valence-corrected chi connectivity index (χ2v) is 5.14. The molecule has 0 aliphatic heterocycles. The summed E-state index contributed by atoms with van der Waals surface area (Å²) in [6.45, 7) is 5.50. The summed E-state index contributed by atoms with van der Waals surface area (Å²) in [6, 6.07) is 0. The third-order valence-corrected chi connectivity index (χ3v) is 3.69. The minimum Gasteiger partial charge on any atom is -0.330 e. The predicted octanol–water partition coefficient (Wildman–Crippen LogP) is 0.218. The van der Waals surface area contributed by atoms with E-state index in [0.29, 0.717) is 37.2 Å². The van der Waals surface area contributed by atoms with Gasteiger partial charge in [-0.05, 0) is 26.3 Å². The van der Waals surface area contributed by atoms with Crippen LogP contribution in [0, 0.1) is 0 Å². The van der Waals surface area contributed by atoms with E-state index >= 15 is 0 Å². The van der Waals surface area contributed by atoms with Crippen LogP contribution in [0.15, 0.2) is 9.59 Å². The Morgan fingerprint density at radius 3 is 2.48 bits per heavy atom. The molecular weight excluding hydrogens is 270 g/mol. The summed E-state index contributed by atoms with van der Waals surface area (Å²) < 4.78 is 4.64. The quantitative estimate of drug-likeness (QED) is 0.825. The van der Waals surface area contributed by atoms with Gasteiger partial charge in [-0.3, -0.25) is 13.9 Å². The Morgan fingerprint density at radius 2 is 1.90 bits per heavy atom. The van der Waals surface area contributed by atoms with Crippen molar-refractivity contribution in [2.24, 2.45) is 12.8 Å². The molecule has 0 saturated heterocycles. The Labute approximate surface area is 123 Å². The Kier molecular flexibility index (Phi) is 4.62. The molecule has 7 nitrogen and oxygen atoms in total. The third kappa shape index (κ3) is 2.53. The van der Waals surface area contributed by atoms with Crippen LogP contribution in [0.3, 0.4) is 0 Å². The molecule has 0 aliphatic carbocycles. The minimum atomic E-state index is -0.329. The average Bonchev–Trinajstić information content (AvgIpc) is 2.84. The van der Waals surface area contributed by atoms with Gasteiger partial charge in [0.25, 0.3) is 5.56 Å². The zero-order valence-corrected chi connectivity index (χ0v) is 12.9. The summed E-state index contributed by atoms with van der Waals surface area (Å²) >= 11 is 0. The van der Waals surface area contributed by atoms with E-state index in [-0.39, 0.29) is 11.2 Å². The van der Waals surface area contributed by atoms with Crippen LogP contribution in [0.1, 0.15) is 32.5 Å². The van der Waals surface area contributed by atoms with Gasteiger partial charge in [-0.15, -0.1) is 0 Å². The monoisotopic (exact) mass is 293 g/mol. The van der Waals surface area contributed by atoms with Gasteiger partial charge in [-0.1, -0.05) is 6.92 Å². The van der Waals surface area contributed by atoms with Crippen LogP contribution in [-0.2, 0) is 26.6 Å². The summed E-state index contributed by atoms with van der Waals surface area (Å²) in [5.74, 6) is 0.860. The molecule has 7 heteroatoms. The van der Waals surface area contributed by atoms with Gasteiger partial charge in [0.1, 0.15) is 5.82 Å². The normalized spacial score (nSPS) is 11.4. The number of hydrogen-bond acceptors (Lipinski definition) is 4. The standard InChI is InChI=1S/C14H23N5O2/c1-4-7-10-16-12-11(18(10)5-2)13(20)19(9-6-8-15)14(21)17(12)3/h4-9,15H2,1-3H3. The molecule has 0 unspecified atom stereocenters. The van der Waals surface area contributed by atoms with Gasteiger partial charge >= 0.3 is 5.69 Å². The second-order valence-electron chi connectivity index (χ2n) is 5.14. The maximum Gasteiger partial charge on any atom is 0.332 e. The zero-order chi connectivity index (χ0) is 15.6.